The van der Waals surface area contributed by atoms with Gasteiger partial charge in [-0.25, -0.2) is 13.4 Å². The molecule has 6 N–H and O–H groups in total. The van der Waals surface area contributed by atoms with Crippen LogP contribution in [0.4, 0.5) is 0 Å². The number of phosphoric acid groups is 2. The Balaban J connectivity index is 0. The van der Waals surface area contributed by atoms with E-state index in [9.17, 15) is 18.3 Å². The molecule has 0 aromatic carbocycles. The molecule has 21 heteroatoms. The van der Waals surface area contributed by atoms with E-state index >= 15 is 0 Å². The van der Waals surface area contributed by atoms with E-state index < -0.39 is 59.6 Å². The van der Waals surface area contributed by atoms with Crippen molar-refractivity contribution in [3.05, 3.63) is 0 Å². The lowest BCUT2D eigenvalue weighted by atomic mass is 9.93. The van der Waals surface area contributed by atoms with Gasteiger partial charge in [-0.1, -0.05) is 0 Å². The van der Waals surface area contributed by atoms with Crippen molar-refractivity contribution in [2.24, 2.45) is 5.41 Å². The quantitative estimate of drug-likeness (QED) is 0.217. The Morgan fingerprint density at radius 2 is 1.08 bits per heavy atom. The molecule has 0 amide bonds. The van der Waals surface area contributed by atoms with E-state index in [0.717, 1.165) is 0 Å². The first-order valence-corrected chi connectivity index (χ1v) is 15.5. The number of phosphoric ester groups is 1. The van der Waals surface area contributed by atoms with E-state index in [-0.39, 0.29) is 0 Å². The summed E-state index contributed by atoms with van der Waals surface area (Å²) in [6.45, 7) is -3.13. The largest absolute Gasteiger partial charge is 0.481 e. The molecule has 0 fully saturated rings. The normalized spacial score (nSPS) is 15.8. The molecule has 13 nitrogen and oxygen atoms in total. The minimum absolute atomic E-state index is 0.768. The molecule has 0 aliphatic rings. The summed E-state index contributed by atoms with van der Waals surface area (Å²) in [7, 11) is -10.3. The molecule has 0 radical (unpaired) electrons. The van der Waals surface area contributed by atoms with E-state index in [1.165, 1.54) is 0 Å². The number of hydrogen-bond acceptors (Lipinski definition) is 10. The minimum Gasteiger partial charge on any atom is -0.396 e. The molecule has 0 bridgehead atoms. The molecule has 0 aliphatic carbocycles. The van der Waals surface area contributed by atoms with Crippen molar-refractivity contribution < 1.29 is 61.4 Å². The average Bonchev–Trinajstić information content (AvgIpc) is 2.34. The third-order valence-electron chi connectivity index (χ3n) is 1.94. The molecule has 26 heavy (non-hydrogen) atoms. The van der Waals surface area contributed by atoms with Crippen molar-refractivity contribution in [2.75, 3.05) is 26.4 Å². The second kappa shape index (κ2) is 11.8. The topological polar surface area (TPSA) is 217 Å². The molecule has 1 unspecified atom stereocenters. The predicted molar refractivity (Wildman–Crippen MR) is 92.3 cm³/mol. The van der Waals surface area contributed by atoms with Crippen molar-refractivity contribution in [1.29, 1.82) is 0 Å². The first-order valence-electron chi connectivity index (χ1n) is 5.57. The Bertz CT molecular complexity index is 577. The summed E-state index contributed by atoms with van der Waals surface area (Å²) in [5.74, 6) is 0. The fraction of sp³-hybridized carbons (Fsp3) is 1.00. The van der Waals surface area contributed by atoms with E-state index in [1.807, 2.05) is 0 Å². The van der Waals surface area contributed by atoms with E-state index in [2.05, 4.69) is 13.1 Å². The highest BCUT2D eigenvalue weighted by molar-refractivity contribution is 8.15. The Labute approximate surface area is 166 Å². The third-order valence-corrected chi connectivity index (χ3v) is 7.81. The Morgan fingerprint density at radius 3 is 1.27 bits per heavy atom. The maximum atomic E-state index is 11.0. The highest BCUT2D eigenvalue weighted by atomic mass is 35.9. The number of aliphatic hydroxyl groups is 3. The van der Waals surface area contributed by atoms with Crippen LogP contribution in [0.1, 0.15) is 0 Å². The minimum atomic E-state index is -5.22. The number of aliphatic hydroxyl groups excluding tert-OH is 3. The van der Waals surface area contributed by atoms with Gasteiger partial charge in [0, 0.05) is 0 Å². The molecule has 0 spiro atoms. The fourth-order valence-electron chi connectivity index (χ4n) is 0.774. The monoisotopic (exact) mass is 546 g/mol. The van der Waals surface area contributed by atoms with Crippen molar-refractivity contribution in [3.8, 4) is 0 Å². The summed E-state index contributed by atoms with van der Waals surface area (Å²) in [5.41, 5.74) is -1.61. The van der Waals surface area contributed by atoms with Crippen LogP contribution in [0, 0.1) is 5.41 Å². The standard InChI is InChI=1S/C5H14O10P2.Cl4O3P2/c6-1-5(2-7,3-8)4-14-17(12,13)15-16(9,10)11;1-8(2,5)7-9(3,4)6/h6-8H,1-4H2,(H,12,13)(H2,9,10,11);. The first kappa shape index (κ1) is 29.9. The smallest absolute Gasteiger partial charge is 0.396 e. The van der Waals surface area contributed by atoms with Gasteiger partial charge in [0.1, 0.15) is 0 Å². The van der Waals surface area contributed by atoms with Crippen LogP contribution in [-0.2, 0) is 31.4 Å². The SMILES string of the molecule is O=P(Cl)(Cl)OP(=O)(Cl)Cl.O=P(O)(O)OP(=O)(O)OCC(CO)(CO)CO. The summed E-state index contributed by atoms with van der Waals surface area (Å²) in [5, 5.41) is 26.5. The maximum Gasteiger partial charge on any atom is 0.481 e. The molecule has 0 heterocycles. The highest BCUT2D eigenvalue weighted by Crippen LogP contribution is 2.74. The van der Waals surface area contributed by atoms with Gasteiger partial charge in [-0.15, -0.1) is 0 Å². The number of rotatable bonds is 10. The molecular weight excluding hydrogens is 534 g/mol. The zero-order chi connectivity index (χ0) is 21.4. The summed E-state index contributed by atoms with van der Waals surface area (Å²) in [6, 6.07) is 0. The van der Waals surface area contributed by atoms with Gasteiger partial charge in [0.25, 0.3) is 0 Å². The molecular formula is C5H14Cl4O13P4. The summed E-state index contributed by atoms with van der Waals surface area (Å²) >= 11 is 19.1. The van der Waals surface area contributed by atoms with Gasteiger partial charge in [0.05, 0.1) is 31.8 Å². The van der Waals surface area contributed by atoms with E-state index in [0.29, 0.717) is 0 Å². The van der Waals surface area contributed by atoms with E-state index in [4.69, 9.17) is 75.0 Å². The lowest BCUT2D eigenvalue weighted by Gasteiger charge is -2.27. The summed E-state index contributed by atoms with van der Waals surface area (Å²) in [6.07, 6.45) is -7.74. The Morgan fingerprint density at radius 1 is 0.731 bits per heavy atom. The molecule has 1 atom stereocenters. The van der Waals surface area contributed by atoms with Gasteiger partial charge in [-0.05, 0) is 45.0 Å². The zero-order valence-corrected chi connectivity index (χ0v) is 18.8. The van der Waals surface area contributed by atoms with Crippen molar-refractivity contribution in [2.45, 2.75) is 0 Å². The van der Waals surface area contributed by atoms with Crippen LogP contribution in [0.15, 0.2) is 0 Å². The second-order valence-electron chi connectivity index (χ2n) is 4.20. The van der Waals surface area contributed by atoms with Crippen LogP contribution < -0.4 is 0 Å². The average molecular weight is 548 g/mol. The van der Waals surface area contributed by atoms with Crippen molar-refractivity contribution >= 4 is 72.8 Å². The van der Waals surface area contributed by atoms with Gasteiger partial charge in [0.2, 0.25) is 0 Å². The van der Waals surface area contributed by atoms with Crippen LogP contribution in [-0.4, -0.2) is 56.4 Å². The van der Waals surface area contributed by atoms with Crippen LogP contribution in [0.2, 0.25) is 0 Å². The maximum absolute atomic E-state index is 11.0. The molecule has 0 rings (SSSR count). The Hall–Kier alpha value is 1.72. The fourth-order valence-corrected chi connectivity index (χ4v) is 7.63. The molecule has 0 saturated carbocycles. The van der Waals surface area contributed by atoms with Crippen LogP contribution in [0.3, 0.4) is 0 Å². The summed E-state index contributed by atoms with van der Waals surface area (Å²) < 4.78 is 53.1. The lowest BCUT2D eigenvalue weighted by molar-refractivity contribution is -0.0316. The van der Waals surface area contributed by atoms with Gasteiger partial charge >= 0.3 is 27.8 Å². The van der Waals surface area contributed by atoms with Crippen molar-refractivity contribution in [3.63, 3.8) is 0 Å². The third kappa shape index (κ3) is 17.8. The summed E-state index contributed by atoms with van der Waals surface area (Å²) in [4.78, 5) is 25.4. The number of hydrogen-bond donors (Lipinski definition) is 6. The van der Waals surface area contributed by atoms with Crippen LogP contribution in [0.25, 0.3) is 0 Å². The lowest BCUT2D eigenvalue weighted by Crippen LogP contribution is -2.38. The molecule has 0 aliphatic heterocycles. The van der Waals surface area contributed by atoms with Crippen LogP contribution >= 0.6 is 72.8 Å². The van der Waals surface area contributed by atoms with Gasteiger partial charge in [-0.2, -0.15) is 4.31 Å². The number of halogens is 4. The first-order chi connectivity index (χ1) is 11.3. The zero-order valence-electron chi connectivity index (χ0n) is 12.2. The van der Waals surface area contributed by atoms with E-state index in [1.54, 1.807) is 0 Å². The predicted octanol–water partition coefficient (Wildman–Crippen LogP) is 2.35. The molecule has 0 aromatic rings. The second-order valence-corrected chi connectivity index (χ2v) is 15.7. The van der Waals surface area contributed by atoms with Crippen LogP contribution in [0.5, 0.6) is 0 Å². The molecule has 0 saturated heterocycles. The van der Waals surface area contributed by atoms with Crippen molar-refractivity contribution in [1.82, 2.24) is 0 Å². The highest BCUT2D eigenvalue weighted by Gasteiger charge is 2.37. The molecule has 160 valence electrons. The van der Waals surface area contributed by atoms with Gasteiger partial charge in [-0.3, -0.25) is 13.7 Å². The van der Waals surface area contributed by atoms with Gasteiger partial charge in [0.15, 0.2) is 0 Å². The Kier molecular flexibility index (Phi) is 13.6. The van der Waals surface area contributed by atoms with Gasteiger partial charge < -0.3 is 30.0 Å². The molecule has 0 aromatic heterocycles.